The summed E-state index contributed by atoms with van der Waals surface area (Å²) in [4.78, 5) is 24.7. The number of rotatable bonds is 5. The molecule has 2 aromatic carbocycles. The molecular formula is C19H19N3O3. The Labute approximate surface area is 145 Å². The highest BCUT2D eigenvalue weighted by Gasteiger charge is 2.21. The van der Waals surface area contributed by atoms with Gasteiger partial charge in [0.05, 0.1) is 11.1 Å². The Morgan fingerprint density at radius 3 is 2.48 bits per heavy atom. The molecule has 0 aliphatic rings. The first-order valence-electron chi connectivity index (χ1n) is 8.14. The molecular weight excluding hydrogens is 318 g/mol. The lowest BCUT2D eigenvalue weighted by atomic mass is 10.1. The number of esters is 1. The van der Waals surface area contributed by atoms with Gasteiger partial charge in [0.1, 0.15) is 5.52 Å². The second-order valence-corrected chi connectivity index (χ2v) is 5.89. The fourth-order valence-corrected chi connectivity index (χ4v) is 2.57. The lowest BCUT2D eigenvalue weighted by molar-refractivity contribution is 0.0319. The summed E-state index contributed by atoms with van der Waals surface area (Å²) in [6.45, 7) is 6.19. The zero-order chi connectivity index (χ0) is 18.0. The van der Waals surface area contributed by atoms with Gasteiger partial charge in [-0.05, 0) is 39.0 Å². The van der Waals surface area contributed by atoms with Crippen LogP contribution in [0.1, 0.15) is 40.1 Å². The molecule has 1 atom stereocenters. The zero-order valence-electron chi connectivity index (χ0n) is 14.4. The van der Waals surface area contributed by atoms with Crippen molar-refractivity contribution >= 4 is 22.8 Å². The van der Waals surface area contributed by atoms with Crippen molar-refractivity contribution in [3.05, 3.63) is 59.2 Å². The maximum absolute atomic E-state index is 12.4. The number of ether oxygens (including phenoxy) is 1. The van der Waals surface area contributed by atoms with E-state index in [9.17, 15) is 9.59 Å². The molecule has 1 aromatic heterocycles. The maximum Gasteiger partial charge on any atom is 0.338 e. The summed E-state index contributed by atoms with van der Waals surface area (Å²) in [5, 5.41) is 8.05. The number of fused-ring (bicyclic) bond motifs is 1. The van der Waals surface area contributed by atoms with E-state index in [-0.39, 0.29) is 5.78 Å². The Kier molecular flexibility index (Phi) is 4.61. The first kappa shape index (κ1) is 16.8. The van der Waals surface area contributed by atoms with Crippen LogP contribution in [0.15, 0.2) is 42.5 Å². The maximum atomic E-state index is 12.4. The van der Waals surface area contributed by atoms with Crippen LogP contribution in [-0.4, -0.2) is 32.9 Å². The van der Waals surface area contributed by atoms with E-state index in [0.29, 0.717) is 23.2 Å². The lowest BCUT2D eigenvalue weighted by Gasteiger charge is -2.12. The summed E-state index contributed by atoms with van der Waals surface area (Å²) in [5.41, 5.74) is 3.40. The predicted octanol–water partition coefficient (Wildman–Crippen LogP) is 3.19. The molecule has 0 saturated carbocycles. The minimum absolute atomic E-state index is 0.230. The molecule has 0 spiro atoms. The third-order valence-corrected chi connectivity index (χ3v) is 4.04. The van der Waals surface area contributed by atoms with Crippen LogP contribution in [0.4, 0.5) is 0 Å². The molecule has 0 bridgehead atoms. The van der Waals surface area contributed by atoms with Crippen LogP contribution in [0.25, 0.3) is 11.0 Å². The average Bonchev–Trinajstić information content (AvgIpc) is 3.03. The molecule has 1 heterocycles. The van der Waals surface area contributed by atoms with Crippen LogP contribution >= 0.6 is 0 Å². The first-order chi connectivity index (χ1) is 12.0. The summed E-state index contributed by atoms with van der Waals surface area (Å²) in [6.07, 6.45) is -0.864. The lowest BCUT2D eigenvalue weighted by Crippen LogP contribution is -2.24. The molecule has 25 heavy (non-hydrogen) atoms. The van der Waals surface area contributed by atoms with Gasteiger partial charge in [0, 0.05) is 12.1 Å². The average molecular weight is 337 g/mol. The number of ketones is 1. The highest BCUT2D eigenvalue weighted by atomic mass is 16.5. The van der Waals surface area contributed by atoms with Crippen LogP contribution < -0.4 is 0 Å². The van der Waals surface area contributed by atoms with Crippen molar-refractivity contribution in [1.82, 2.24) is 15.0 Å². The SMILES string of the molecule is CCn1nnc2cc(C(=O)O[C@H](C)C(=O)c3ccc(C)cc3)ccc21. The van der Waals surface area contributed by atoms with Gasteiger partial charge in [-0.3, -0.25) is 4.79 Å². The molecule has 3 rings (SSSR count). The summed E-state index contributed by atoms with van der Waals surface area (Å²) < 4.78 is 7.07. The first-order valence-corrected chi connectivity index (χ1v) is 8.14. The van der Waals surface area contributed by atoms with Gasteiger partial charge in [-0.2, -0.15) is 0 Å². The molecule has 0 radical (unpaired) electrons. The number of carbonyl (C=O) groups excluding carboxylic acids is 2. The van der Waals surface area contributed by atoms with Crippen molar-refractivity contribution in [2.75, 3.05) is 0 Å². The van der Waals surface area contributed by atoms with Crippen LogP contribution in [0.3, 0.4) is 0 Å². The van der Waals surface area contributed by atoms with Crippen molar-refractivity contribution in [2.45, 2.75) is 33.4 Å². The van der Waals surface area contributed by atoms with Crippen LogP contribution in [0, 0.1) is 6.92 Å². The number of nitrogens with zero attached hydrogens (tertiary/aromatic N) is 3. The number of hydrogen-bond donors (Lipinski definition) is 0. The molecule has 128 valence electrons. The van der Waals surface area contributed by atoms with Crippen molar-refractivity contribution < 1.29 is 14.3 Å². The number of carbonyl (C=O) groups is 2. The highest BCUT2D eigenvalue weighted by Crippen LogP contribution is 2.16. The molecule has 0 aliphatic carbocycles. The van der Waals surface area contributed by atoms with Crippen LogP contribution in [-0.2, 0) is 11.3 Å². The normalized spacial score (nSPS) is 12.1. The molecule has 0 aliphatic heterocycles. The van der Waals surface area contributed by atoms with Gasteiger partial charge in [-0.1, -0.05) is 35.0 Å². The number of Topliss-reactive ketones (excluding diaryl/α,β-unsaturated/α-hetero) is 1. The van der Waals surface area contributed by atoms with Crippen LogP contribution in [0.2, 0.25) is 0 Å². The Balaban J connectivity index is 1.74. The summed E-state index contributed by atoms with van der Waals surface area (Å²) in [5.74, 6) is -0.785. The zero-order valence-corrected chi connectivity index (χ0v) is 14.4. The Morgan fingerprint density at radius 2 is 1.80 bits per heavy atom. The van der Waals surface area contributed by atoms with E-state index in [2.05, 4.69) is 10.3 Å². The van der Waals surface area contributed by atoms with Crippen molar-refractivity contribution in [3.8, 4) is 0 Å². The topological polar surface area (TPSA) is 74.1 Å². The predicted molar refractivity (Wildman–Crippen MR) is 93.6 cm³/mol. The van der Waals surface area contributed by atoms with Gasteiger partial charge >= 0.3 is 5.97 Å². The molecule has 0 N–H and O–H groups in total. The third kappa shape index (κ3) is 3.42. The molecule has 0 fully saturated rings. The van der Waals surface area contributed by atoms with Crippen molar-refractivity contribution in [2.24, 2.45) is 0 Å². The monoisotopic (exact) mass is 337 g/mol. The summed E-state index contributed by atoms with van der Waals surface area (Å²) in [6, 6.07) is 12.2. The van der Waals surface area contributed by atoms with E-state index in [1.54, 1.807) is 41.9 Å². The highest BCUT2D eigenvalue weighted by molar-refractivity contribution is 6.01. The fraction of sp³-hybridized carbons (Fsp3) is 0.263. The molecule has 3 aromatic rings. The molecule has 0 amide bonds. The van der Waals surface area contributed by atoms with Gasteiger partial charge < -0.3 is 4.74 Å². The molecule has 0 unspecified atom stereocenters. The van der Waals surface area contributed by atoms with E-state index < -0.39 is 12.1 Å². The largest absolute Gasteiger partial charge is 0.451 e. The van der Waals surface area contributed by atoms with Crippen LogP contribution in [0.5, 0.6) is 0 Å². The number of aromatic nitrogens is 3. The Bertz CT molecular complexity index is 929. The smallest absolute Gasteiger partial charge is 0.338 e. The van der Waals surface area contributed by atoms with E-state index in [1.807, 2.05) is 26.0 Å². The van der Waals surface area contributed by atoms with Gasteiger partial charge in [0.25, 0.3) is 0 Å². The summed E-state index contributed by atoms with van der Waals surface area (Å²) in [7, 11) is 0. The fourth-order valence-electron chi connectivity index (χ4n) is 2.57. The van der Waals surface area contributed by atoms with Gasteiger partial charge in [0.15, 0.2) is 6.10 Å². The molecule has 0 saturated heterocycles. The Hall–Kier alpha value is -3.02. The second-order valence-electron chi connectivity index (χ2n) is 5.89. The van der Waals surface area contributed by atoms with E-state index in [0.717, 1.165) is 11.1 Å². The number of benzene rings is 2. The van der Waals surface area contributed by atoms with Gasteiger partial charge in [0.2, 0.25) is 5.78 Å². The standard InChI is InChI=1S/C19H19N3O3/c1-4-22-17-10-9-15(11-16(17)20-21-22)19(24)25-13(3)18(23)14-7-5-12(2)6-8-14/h5-11,13H,4H2,1-3H3/t13-/m1/s1. The molecule has 6 nitrogen and oxygen atoms in total. The molecule has 6 heteroatoms. The second kappa shape index (κ2) is 6.84. The van der Waals surface area contributed by atoms with E-state index >= 15 is 0 Å². The van der Waals surface area contributed by atoms with Gasteiger partial charge in [-0.25, -0.2) is 9.48 Å². The summed E-state index contributed by atoms with van der Waals surface area (Å²) >= 11 is 0. The third-order valence-electron chi connectivity index (χ3n) is 4.04. The van der Waals surface area contributed by atoms with Crippen molar-refractivity contribution in [1.29, 1.82) is 0 Å². The van der Waals surface area contributed by atoms with E-state index in [1.165, 1.54) is 0 Å². The van der Waals surface area contributed by atoms with Crippen molar-refractivity contribution in [3.63, 3.8) is 0 Å². The minimum atomic E-state index is -0.864. The van der Waals surface area contributed by atoms with Gasteiger partial charge in [-0.15, -0.1) is 5.10 Å². The Morgan fingerprint density at radius 1 is 1.12 bits per heavy atom. The minimum Gasteiger partial charge on any atom is -0.451 e. The quantitative estimate of drug-likeness (QED) is 0.528. The number of hydrogen-bond acceptors (Lipinski definition) is 5. The number of aryl methyl sites for hydroxylation is 2. The van der Waals surface area contributed by atoms with E-state index in [4.69, 9.17) is 4.74 Å².